The van der Waals surface area contributed by atoms with Crippen molar-refractivity contribution < 1.29 is 65.4 Å². The molecule has 0 rings (SSSR count). The molecule has 0 bridgehead atoms. The van der Waals surface area contributed by atoms with Gasteiger partial charge in [-0.3, -0.25) is 7.05 Å². The predicted octanol–water partition coefficient (Wildman–Crippen LogP) is 0.194. The molecule has 0 heterocycles. The molecule has 0 saturated carbocycles. The minimum atomic E-state index is 0. The van der Waals surface area contributed by atoms with Crippen molar-refractivity contribution in [2.45, 2.75) is 0 Å². The van der Waals surface area contributed by atoms with E-state index in [2.05, 4.69) is 37.2 Å². The molecule has 0 aromatic rings. The van der Waals surface area contributed by atoms with Crippen molar-refractivity contribution in [1.29, 1.82) is 0 Å². The quantitative estimate of drug-likeness (QED) is 0.387. The van der Waals surface area contributed by atoms with Crippen LogP contribution in [0.15, 0.2) is 0 Å². The van der Waals surface area contributed by atoms with E-state index in [1.807, 2.05) is 0 Å². The summed E-state index contributed by atoms with van der Waals surface area (Å²) in [6.07, 6.45) is 0. The normalized spacial score (nSPS) is 4.71. The molecular weight excluding hydrogens is 280 g/mol. The van der Waals surface area contributed by atoms with Gasteiger partial charge in [-0.25, -0.2) is 0 Å². The van der Waals surface area contributed by atoms with Crippen LogP contribution in [0.4, 0.5) is 0 Å². The van der Waals surface area contributed by atoms with Gasteiger partial charge < -0.3 is 30.2 Å². The summed E-state index contributed by atoms with van der Waals surface area (Å²) in [5.41, 5.74) is 0. The van der Waals surface area contributed by atoms with Gasteiger partial charge in [-0.1, -0.05) is 4.32 Å². The van der Waals surface area contributed by atoms with Gasteiger partial charge in [-0.05, 0) is 0 Å². The standard InChI is InChI=1S/C2H4NS2.2Y/c1-3-2(4)5;;/h1H2,(H2,3,4,5);;/q-1;;/p-1. The van der Waals surface area contributed by atoms with Crippen molar-refractivity contribution >= 4 is 29.2 Å². The van der Waals surface area contributed by atoms with Gasteiger partial charge in [0, 0.05) is 65.4 Å². The van der Waals surface area contributed by atoms with Gasteiger partial charge in [0.25, 0.3) is 0 Å². The zero-order chi connectivity index (χ0) is 4.28. The molecule has 0 aromatic carbocycles. The Kier molecular flexibility index (Phi) is 25.7. The van der Waals surface area contributed by atoms with E-state index in [0.29, 0.717) is 4.32 Å². The second-order valence-corrected chi connectivity index (χ2v) is 1.54. The molecular formula is C2H3NS2Y2-2. The maximum atomic E-state index is 4.34. The average molecular weight is 283 g/mol. The third kappa shape index (κ3) is 17.8. The van der Waals surface area contributed by atoms with Gasteiger partial charge in [0.1, 0.15) is 0 Å². The zero-order valence-corrected chi connectivity index (χ0v) is 11.0. The second-order valence-electron chi connectivity index (χ2n) is 0.464. The summed E-state index contributed by atoms with van der Waals surface area (Å²) >= 11 is 8.68. The van der Waals surface area contributed by atoms with Gasteiger partial charge in [-0.2, -0.15) is 0 Å². The van der Waals surface area contributed by atoms with Crippen molar-refractivity contribution in [2.75, 3.05) is 0 Å². The summed E-state index contributed by atoms with van der Waals surface area (Å²) in [6, 6.07) is 0. The minimum Gasteiger partial charge on any atom is -0.554 e. The molecule has 0 aliphatic heterocycles. The Morgan fingerprint density at radius 1 is 1.57 bits per heavy atom. The summed E-state index contributed by atoms with van der Waals surface area (Å²) in [5.74, 6) is 0. The van der Waals surface area contributed by atoms with Crippen molar-refractivity contribution in [1.82, 2.24) is 5.32 Å². The molecule has 0 fully saturated rings. The SMILES string of the molecule is [CH2-]NC(=S)[S-].[Y].[Y]. The maximum absolute atomic E-state index is 4.34. The molecule has 0 aliphatic rings. The van der Waals surface area contributed by atoms with Crippen molar-refractivity contribution in [3.8, 4) is 0 Å². The Morgan fingerprint density at radius 3 is 1.71 bits per heavy atom. The molecule has 0 aliphatic carbocycles. The Hall–Kier alpha value is 2.32. The topological polar surface area (TPSA) is 12.0 Å². The summed E-state index contributed by atoms with van der Waals surface area (Å²) in [4.78, 5) is 0. The van der Waals surface area contributed by atoms with E-state index in [1.165, 1.54) is 0 Å². The molecule has 0 amide bonds. The summed E-state index contributed by atoms with van der Waals surface area (Å²) in [6.45, 7) is 0. The third-order valence-corrected chi connectivity index (χ3v) is 0.433. The van der Waals surface area contributed by atoms with E-state index in [4.69, 9.17) is 0 Å². The third-order valence-electron chi connectivity index (χ3n) is 0.144. The van der Waals surface area contributed by atoms with Crippen LogP contribution in [0.5, 0.6) is 0 Å². The first-order valence-electron chi connectivity index (χ1n) is 1.01. The smallest absolute Gasteiger partial charge is 0 e. The summed E-state index contributed by atoms with van der Waals surface area (Å²) in [7, 11) is 3.19. The molecule has 5 heteroatoms. The van der Waals surface area contributed by atoms with Gasteiger partial charge in [-0.15, -0.1) is 0 Å². The van der Waals surface area contributed by atoms with E-state index in [0.717, 1.165) is 0 Å². The second kappa shape index (κ2) is 11.2. The van der Waals surface area contributed by atoms with E-state index in [-0.39, 0.29) is 65.4 Å². The van der Waals surface area contributed by atoms with Crippen LogP contribution in [0.2, 0.25) is 0 Å². The fourth-order valence-electron chi connectivity index (χ4n) is 0. The number of nitrogens with one attached hydrogen (secondary N) is 1. The Morgan fingerprint density at radius 2 is 1.71 bits per heavy atom. The summed E-state index contributed by atoms with van der Waals surface area (Å²) < 4.78 is 0.310. The van der Waals surface area contributed by atoms with E-state index >= 15 is 0 Å². The van der Waals surface area contributed by atoms with Crippen LogP contribution in [0.3, 0.4) is 0 Å². The first-order valence-corrected chi connectivity index (χ1v) is 1.83. The monoisotopic (exact) mass is 283 g/mol. The molecule has 1 N–H and O–H groups in total. The predicted molar refractivity (Wildman–Crippen MR) is 28.5 cm³/mol. The van der Waals surface area contributed by atoms with Crippen LogP contribution >= 0.6 is 12.2 Å². The largest absolute Gasteiger partial charge is 0.554 e. The number of hydrogen-bond donors (Lipinski definition) is 1. The molecule has 0 spiro atoms. The zero-order valence-electron chi connectivity index (χ0n) is 3.68. The molecule has 36 valence electrons. The molecule has 0 atom stereocenters. The molecule has 0 saturated heterocycles. The molecule has 1 nitrogen and oxygen atoms in total. The average Bonchev–Trinajstić information content (AvgIpc) is 1.38. The summed E-state index contributed by atoms with van der Waals surface area (Å²) in [5, 5.41) is 2.32. The van der Waals surface area contributed by atoms with Crippen molar-refractivity contribution in [2.24, 2.45) is 0 Å². The number of thiocarbonyl (C=S) groups is 1. The van der Waals surface area contributed by atoms with Gasteiger partial charge in [0.05, 0.1) is 0 Å². The van der Waals surface area contributed by atoms with Crippen molar-refractivity contribution in [3.63, 3.8) is 0 Å². The van der Waals surface area contributed by atoms with E-state index in [1.54, 1.807) is 0 Å². The molecule has 7 heavy (non-hydrogen) atoms. The van der Waals surface area contributed by atoms with Crippen LogP contribution in [0.25, 0.3) is 0 Å². The maximum Gasteiger partial charge on any atom is 0 e. The Bertz CT molecular complexity index is 49.0. The van der Waals surface area contributed by atoms with Gasteiger partial charge in [0.2, 0.25) is 0 Å². The number of rotatable bonds is 0. The van der Waals surface area contributed by atoms with Crippen LogP contribution < -0.4 is 5.32 Å². The molecule has 0 aromatic heterocycles. The van der Waals surface area contributed by atoms with Crippen LogP contribution in [0.1, 0.15) is 0 Å². The molecule has 0 unspecified atom stereocenters. The number of hydrogen-bond acceptors (Lipinski definition) is 2. The van der Waals surface area contributed by atoms with E-state index in [9.17, 15) is 0 Å². The fraction of sp³-hybridized carbons (Fsp3) is 0. The molecule has 2 radical (unpaired) electrons. The Balaban J connectivity index is -0.0000000800. The van der Waals surface area contributed by atoms with Crippen LogP contribution in [0, 0.1) is 7.05 Å². The van der Waals surface area contributed by atoms with E-state index < -0.39 is 0 Å². The van der Waals surface area contributed by atoms with Gasteiger partial charge >= 0.3 is 0 Å². The van der Waals surface area contributed by atoms with Crippen LogP contribution in [-0.4, -0.2) is 4.32 Å². The van der Waals surface area contributed by atoms with Gasteiger partial charge in [0.15, 0.2) is 0 Å². The minimum absolute atomic E-state index is 0. The van der Waals surface area contributed by atoms with Crippen LogP contribution in [-0.2, 0) is 78.0 Å². The van der Waals surface area contributed by atoms with Crippen molar-refractivity contribution in [3.05, 3.63) is 7.05 Å². The first kappa shape index (κ1) is 16.2. The first-order chi connectivity index (χ1) is 2.27. The fourth-order valence-corrected chi connectivity index (χ4v) is 0. The Labute approximate surface area is 105 Å².